The molecule has 1 aromatic carbocycles. The third-order valence-corrected chi connectivity index (χ3v) is 5.23. The number of anilines is 1. The van der Waals surface area contributed by atoms with E-state index in [1.165, 1.54) is 0 Å². The zero-order chi connectivity index (χ0) is 18.9. The van der Waals surface area contributed by atoms with Crippen LogP contribution in [0, 0.1) is 0 Å². The normalized spacial score (nSPS) is 22.7. The average Bonchev–Trinajstić information content (AvgIpc) is 2.91. The molecule has 0 saturated carbocycles. The van der Waals surface area contributed by atoms with Crippen LogP contribution in [0.3, 0.4) is 0 Å². The van der Waals surface area contributed by atoms with Crippen LogP contribution in [-0.2, 0) is 26.2 Å². The van der Waals surface area contributed by atoms with E-state index in [2.05, 4.69) is 4.98 Å². The molecule has 0 spiro atoms. The number of morpholine rings is 1. The number of hydrogen-bond acceptors (Lipinski definition) is 5. The molecule has 3 heterocycles. The smallest absolute Gasteiger partial charge is 0.304 e. The SMILES string of the molecule is O=C(O)CC1(Cc2ccncc2)C(=O)N(N2CCOCC2)c2ccccc21. The Morgan fingerprint density at radius 2 is 1.85 bits per heavy atom. The molecule has 1 aromatic heterocycles. The largest absolute Gasteiger partial charge is 0.481 e. The minimum atomic E-state index is -1.14. The van der Waals surface area contributed by atoms with Crippen LogP contribution in [0.25, 0.3) is 0 Å². The highest BCUT2D eigenvalue weighted by Crippen LogP contribution is 2.46. The Balaban J connectivity index is 1.82. The number of carboxylic acid groups (broad SMARTS) is 1. The maximum Gasteiger partial charge on any atom is 0.304 e. The summed E-state index contributed by atoms with van der Waals surface area (Å²) in [5, 5.41) is 13.3. The van der Waals surface area contributed by atoms with Crippen molar-refractivity contribution in [2.75, 3.05) is 31.3 Å². The zero-order valence-corrected chi connectivity index (χ0v) is 14.9. The fourth-order valence-electron chi connectivity index (χ4n) is 4.04. The number of carbonyl (C=O) groups is 2. The summed E-state index contributed by atoms with van der Waals surface area (Å²) in [6, 6.07) is 11.2. The van der Waals surface area contributed by atoms with Crippen LogP contribution in [0.1, 0.15) is 17.5 Å². The van der Waals surface area contributed by atoms with E-state index in [0.29, 0.717) is 32.7 Å². The van der Waals surface area contributed by atoms with E-state index >= 15 is 0 Å². The number of ether oxygens (including phenoxy) is 1. The maximum atomic E-state index is 13.7. The van der Waals surface area contributed by atoms with Crippen molar-refractivity contribution in [1.29, 1.82) is 0 Å². The molecule has 7 nitrogen and oxygen atoms in total. The van der Waals surface area contributed by atoms with Gasteiger partial charge < -0.3 is 9.84 Å². The van der Waals surface area contributed by atoms with Crippen LogP contribution >= 0.6 is 0 Å². The van der Waals surface area contributed by atoms with Crippen LogP contribution in [0.2, 0.25) is 0 Å². The van der Waals surface area contributed by atoms with Crippen molar-refractivity contribution in [2.24, 2.45) is 0 Å². The zero-order valence-electron chi connectivity index (χ0n) is 14.9. The first-order valence-corrected chi connectivity index (χ1v) is 8.99. The Hall–Kier alpha value is -2.77. The summed E-state index contributed by atoms with van der Waals surface area (Å²) in [6.07, 6.45) is 3.38. The van der Waals surface area contributed by atoms with Crippen LogP contribution in [0.15, 0.2) is 48.8 Å². The summed E-state index contributed by atoms with van der Waals surface area (Å²) in [5.74, 6) is -1.18. The van der Waals surface area contributed by atoms with Crippen molar-refractivity contribution in [3.63, 3.8) is 0 Å². The summed E-state index contributed by atoms with van der Waals surface area (Å²) in [7, 11) is 0. The number of para-hydroxylation sites is 1. The van der Waals surface area contributed by atoms with Gasteiger partial charge in [0.25, 0.3) is 5.91 Å². The number of aliphatic carboxylic acids is 1. The van der Waals surface area contributed by atoms with Crippen molar-refractivity contribution in [3.05, 3.63) is 59.9 Å². The second kappa shape index (κ2) is 7.09. The number of hydrazine groups is 1. The van der Waals surface area contributed by atoms with Gasteiger partial charge >= 0.3 is 5.97 Å². The fourth-order valence-corrected chi connectivity index (χ4v) is 4.04. The Labute approximate surface area is 157 Å². The number of amides is 1. The number of fused-ring (bicyclic) bond motifs is 1. The molecule has 2 aliphatic rings. The lowest BCUT2D eigenvalue weighted by Gasteiger charge is -2.36. The number of rotatable bonds is 5. The van der Waals surface area contributed by atoms with Gasteiger partial charge in [-0.3, -0.25) is 14.6 Å². The lowest BCUT2D eigenvalue weighted by atomic mass is 9.74. The molecule has 27 heavy (non-hydrogen) atoms. The molecule has 1 unspecified atom stereocenters. The number of nitrogens with zero attached hydrogens (tertiary/aromatic N) is 3. The number of hydrogen-bond donors (Lipinski definition) is 1. The monoisotopic (exact) mass is 367 g/mol. The van der Waals surface area contributed by atoms with Gasteiger partial charge in [0.2, 0.25) is 0 Å². The first-order valence-electron chi connectivity index (χ1n) is 8.99. The Bertz CT molecular complexity index is 851. The minimum Gasteiger partial charge on any atom is -0.481 e. The van der Waals surface area contributed by atoms with Crippen LogP contribution in [0.4, 0.5) is 5.69 Å². The molecule has 2 aliphatic heterocycles. The summed E-state index contributed by atoms with van der Waals surface area (Å²) in [6.45, 7) is 2.28. The van der Waals surface area contributed by atoms with E-state index < -0.39 is 11.4 Å². The van der Waals surface area contributed by atoms with Crippen molar-refractivity contribution in [2.45, 2.75) is 18.3 Å². The molecule has 7 heteroatoms. The van der Waals surface area contributed by atoms with Gasteiger partial charge in [0.15, 0.2) is 0 Å². The second-order valence-electron chi connectivity index (χ2n) is 6.89. The topological polar surface area (TPSA) is 83.0 Å². The Kier molecular flexibility index (Phi) is 4.63. The first kappa shape index (κ1) is 17.6. The van der Waals surface area contributed by atoms with Crippen LogP contribution in [-0.4, -0.2) is 53.3 Å². The highest BCUT2D eigenvalue weighted by atomic mass is 16.5. The average molecular weight is 367 g/mol. The number of carbonyl (C=O) groups excluding carboxylic acids is 1. The van der Waals surface area contributed by atoms with E-state index in [4.69, 9.17) is 4.74 Å². The molecular weight excluding hydrogens is 346 g/mol. The molecule has 0 bridgehead atoms. The van der Waals surface area contributed by atoms with Gasteiger partial charge in [-0.1, -0.05) is 18.2 Å². The molecule has 140 valence electrons. The molecule has 0 aliphatic carbocycles. The lowest BCUT2D eigenvalue weighted by molar-refractivity contribution is -0.142. The van der Waals surface area contributed by atoms with E-state index in [0.717, 1.165) is 16.8 Å². The maximum absolute atomic E-state index is 13.7. The number of benzene rings is 1. The molecular formula is C20H21N3O4. The second-order valence-corrected chi connectivity index (χ2v) is 6.89. The summed E-state index contributed by atoms with van der Waals surface area (Å²) >= 11 is 0. The minimum absolute atomic E-state index is 0.190. The van der Waals surface area contributed by atoms with Crippen molar-refractivity contribution >= 4 is 17.6 Å². The van der Waals surface area contributed by atoms with Gasteiger partial charge in [-0.05, 0) is 35.7 Å². The quantitative estimate of drug-likeness (QED) is 0.865. The van der Waals surface area contributed by atoms with Gasteiger partial charge in [-0.15, -0.1) is 0 Å². The van der Waals surface area contributed by atoms with E-state index in [1.807, 2.05) is 41.4 Å². The predicted molar refractivity (Wildman–Crippen MR) is 98.2 cm³/mol. The summed E-state index contributed by atoms with van der Waals surface area (Å²) < 4.78 is 5.41. The van der Waals surface area contributed by atoms with Crippen molar-refractivity contribution in [3.8, 4) is 0 Å². The number of carboxylic acids is 1. The molecule has 4 rings (SSSR count). The van der Waals surface area contributed by atoms with Gasteiger partial charge in [-0.25, -0.2) is 10.0 Å². The number of aromatic nitrogens is 1. The predicted octanol–water partition coefficient (Wildman–Crippen LogP) is 1.63. The molecule has 1 saturated heterocycles. The third kappa shape index (κ3) is 3.09. The van der Waals surface area contributed by atoms with Gasteiger partial charge in [0.05, 0.1) is 30.7 Å². The fraction of sp³-hybridized carbons (Fsp3) is 0.350. The van der Waals surface area contributed by atoms with E-state index in [9.17, 15) is 14.7 Å². The first-order chi connectivity index (χ1) is 13.1. The Morgan fingerprint density at radius 1 is 1.15 bits per heavy atom. The van der Waals surface area contributed by atoms with Gasteiger partial charge in [0.1, 0.15) is 0 Å². The van der Waals surface area contributed by atoms with E-state index in [1.54, 1.807) is 17.4 Å². The molecule has 1 amide bonds. The number of pyridine rings is 1. The van der Waals surface area contributed by atoms with E-state index in [-0.39, 0.29) is 12.3 Å². The van der Waals surface area contributed by atoms with Crippen LogP contribution in [0.5, 0.6) is 0 Å². The molecule has 2 aromatic rings. The highest BCUT2D eigenvalue weighted by molar-refractivity contribution is 6.09. The third-order valence-electron chi connectivity index (χ3n) is 5.23. The molecule has 1 fully saturated rings. The standard InChI is InChI=1S/C20H21N3O4/c24-18(25)14-20(13-15-5-7-21-8-6-15)16-3-1-2-4-17(16)23(19(20)26)22-9-11-27-12-10-22/h1-8H,9-14H2,(H,24,25). The molecule has 1 N–H and O–H groups in total. The summed E-state index contributed by atoms with van der Waals surface area (Å²) in [5.41, 5.74) is 1.28. The van der Waals surface area contributed by atoms with Gasteiger partial charge in [0, 0.05) is 25.5 Å². The molecule has 0 radical (unpaired) electrons. The Morgan fingerprint density at radius 3 is 2.56 bits per heavy atom. The van der Waals surface area contributed by atoms with Crippen molar-refractivity contribution in [1.82, 2.24) is 9.99 Å². The summed E-state index contributed by atoms with van der Waals surface area (Å²) in [4.78, 5) is 29.5. The van der Waals surface area contributed by atoms with Crippen LogP contribution < -0.4 is 5.01 Å². The van der Waals surface area contributed by atoms with Crippen molar-refractivity contribution < 1.29 is 19.4 Å². The lowest BCUT2D eigenvalue weighted by Crippen LogP contribution is -2.54. The molecule has 1 atom stereocenters. The highest BCUT2D eigenvalue weighted by Gasteiger charge is 2.53. The van der Waals surface area contributed by atoms with Gasteiger partial charge in [-0.2, -0.15) is 0 Å².